The maximum Gasteiger partial charge on any atom is 0.228 e. The summed E-state index contributed by atoms with van der Waals surface area (Å²) in [5.41, 5.74) is 1.21. The van der Waals surface area contributed by atoms with Gasteiger partial charge in [0.25, 0.3) is 0 Å². The van der Waals surface area contributed by atoms with Gasteiger partial charge in [0.05, 0.1) is 12.1 Å². The van der Waals surface area contributed by atoms with Crippen molar-refractivity contribution < 1.29 is 18.0 Å². The second-order valence-electron chi connectivity index (χ2n) is 4.85. The summed E-state index contributed by atoms with van der Waals surface area (Å²) in [6, 6.07) is 9.08. The van der Waals surface area contributed by atoms with Gasteiger partial charge < -0.3 is 10.3 Å². The number of hydrogen-bond acceptors (Lipinski definition) is 1. The Morgan fingerprint density at radius 2 is 1.86 bits per heavy atom. The van der Waals surface area contributed by atoms with E-state index in [1.54, 1.807) is 18.3 Å². The van der Waals surface area contributed by atoms with Crippen molar-refractivity contribution in [2.24, 2.45) is 0 Å². The van der Waals surface area contributed by atoms with Crippen LogP contribution in [0.4, 0.5) is 18.9 Å². The first kappa shape index (κ1) is 14.2. The fourth-order valence-electron chi connectivity index (χ4n) is 2.21. The molecule has 2 N–H and O–H groups in total. The Morgan fingerprint density at radius 3 is 2.68 bits per heavy atom. The number of amides is 1. The molecule has 112 valence electrons. The van der Waals surface area contributed by atoms with E-state index in [4.69, 9.17) is 0 Å². The van der Waals surface area contributed by atoms with Crippen LogP contribution < -0.4 is 5.32 Å². The van der Waals surface area contributed by atoms with Crippen molar-refractivity contribution in [2.75, 3.05) is 5.32 Å². The smallest absolute Gasteiger partial charge is 0.228 e. The first-order chi connectivity index (χ1) is 10.5. The standard InChI is InChI=1S/C16H11F3N2O/c17-11-3-4-12(16(19)15(11)18)21-14(22)8-9-1-2-10-5-6-20-13(10)7-9/h1-7,20H,8H2,(H,21,22). The summed E-state index contributed by atoms with van der Waals surface area (Å²) in [4.78, 5) is 14.9. The first-order valence-electron chi connectivity index (χ1n) is 6.54. The van der Waals surface area contributed by atoms with E-state index in [2.05, 4.69) is 10.3 Å². The molecule has 0 aliphatic carbocycles. The quantitative estimate of drug-likeness (QED) is 0.711. The fraction of sp³-hybridized carbons (Fsp3) is 0.0625. The van der Waals surface area contributed by atoms with Crippen molar-refractivity contribution >= 4 is 22.5 Å². The number of halogens is 3. The average Bonchev–Trinajstić information content (AvgIpc) is 2.95. The van der Waals surface area contributed by atoms with Crippen molar-refractivity contribution in [2.45, 2.75) is 6.42 Å². The molecule has 6 heteroatoms. The molecule has 3 rings (SSSR count). The summed E-state index contributed by atoms with van der Waals surface area (Å²) in [7, 11) is 0. The van der Waals surface area contributed by atoms with Gasteiger partial charge in [-0.2, -0.15) is 0 Å². The predicted octanol–water partition coefficient (Wildman–Crippen LogP) is 3.77. The van der Waals surface area contributed by atoms with E-state index in [0.29, 0.717) is 0 Å². The maximum absolute atomic E-state index is 13.5. The number of benzene rings is 2. The van der Waals surface area contributed by atoms with Gasteiger partial charge in [0.2, 0.25) is 5.91 Å². The molecule has 0 saturated carbocycles. The van der Waals surface area contributed by atoms with Crippen molar-refractivity contribution in [3.8, 4) is 0 Å². The summed E-state index contributed by atoms with van der Waals surface area (Å²) < 4.78 is 39.4. The van der Waals surface area contributed by atoms with E-state index < -0.39 is 23.4 Å². The molecule has 0 saturated heterocycles. The third kappa shape index (κ3) is 2.67. The number of H-pyrrole nitrogens is 1. The number of carbonyl (C=O) groups excluding carboxylic acids is 1. The lowest BCUT2D eigenvalue weighted by Crippen LogP contribution is -2.16. The Morgan fingerprint density at radius 1 is 1.05 bits per heavy atom. The van der Waals surface area contributed by atoms with Crippen molar-refractivity contribution in [1.29, 1.82) is 0 Å². The summed E-state index contributed by atoms with van der Waals surface area (Å²) in [5, 5.41) is 3.25. The molecule has 1 heterocycles. The van der Waals surface area contributed by atoms with Crippen molar-refractivity contribution in [1.82, 2.24) is 4.98 Å². The summed E-state index contributed by atoms with van der Waals surface area (Å²) >= 11 is 0. The van der Waals surface area contributed by atoms with Gasteiger partial charge in [0, 0.05) is 11.7 Å². The summed E-state index contributed by atoms with van der Waals surface area (Å²) in [6.07, 6.45) is 1.78. The molecule has 0 bridgehead atoms. The Hall–Kier alpha value is -2.76. The lowest BCUT2D eigenvalue weighted by Gasteiger charge is -2.07. The number of aromatic nitrogens is 1. The first-order valence-corrected chi connectivity index (χ1v) is 6.54. The number of carbonyl (C=O) groups is 1. The molecule has 0 aliphatic rings. The van der Waals surface area contributed by atoms with Crippen LogP contribution in [0.2, 0.25) is 0 Å². The van der Waals surface area contributed by atoms with Crippen LogP contribution in [0.3, 0.4) is 0 Å². The number of fused-ring (bicyclic) bond motifs is 1. The second kappa shape index (κ2) is 5.55. The zero-order valence-corrected chi connectivity index (χ0v) is 11.3. The molecule has 0 unspecified atom stereocenters. The zero-order valence-electron chi connectivity index (χ0n) is 11.3. The van der Waals surface area contributed by atoms with Gasteiger partial charge in [0.1, 0.15) is 0 Å². The topological polar surface area (TPSA) is 44.9 Å². The number of hydrogen-bond donors (Lipinski definition) is 2. The predicted molar refractivity (Wildman–Crippen MR) is 76.9 cm³/mol. The molecular weight excluding hydrogens is 293 g/mol. The second-order valence-corrected chi connectivity index (χ2v) is 4.85. The third-order valence-electron chi connectivity index (χ3n) is 3.29. The highest BCUT2D eigenvalue weighted by Gasteiger charge is 2.15. The molecule has 0 fully saturated rings. The molecule has 0 aliphatic heterocycles. The SMILES string of the molecule is O=C(Cc1ccc2cc[nH]c2c1)Nc1ccc(F)c(F)c1F. The Kier molecular flexibility index (Phi) is 3.58. The van der Waals surface area contributed by atoms with Gasteiger partial charge in [-0.1, -0.05) is 12.1 Å². The minimum Gasteiger partial charge on any atom is -0.361 e. The third-order valence-corrected chi connectivity index (χ3v) is 3.29. The summed E-state index contributed by atoms with van der Waals surface area (Å²) in [6.45, 7) is 0. The van der Waals surface area contributed by atoms with Crippen LogP contribution in [0.15, 0.2) is 42.6 Å². The van der Waals surface area contributed by atoms with Crippen LogP contribution in [0, 0.1) is 17.5 Å². The Balaban J connectivity index is 1.76. The maximum atomic E-state index is 13.5. The number of anilines is 1. The van der Waals surface area contributed by atoms with Crippen LogP contribution in [0.25, 0.3) is 10.9 Å². The highest BCUT2D eigenvalue weighted by Crippen LogP contribution is 2.20. The van der Waals surface area contributed by atoms with E-state index in [1.165, 1.54) is 0 Å². The van der Waals surface area contributed by atoms with Crippen LogP contribution >= 0.6 is 0 Å². The number of nitrogens with one attached hydrogen (secondary N) is 2. The molecule has 3 aromatic rings. The number of rotatable bonds is 3. The molecule has 3 nitrogen and oxygen atoms in total. The highest BCUT2D eigenvalue weighted by molar-refractivity contribution is 5.93. The van der Waals surface area contributed by atoms with Gasteiger partial charge in [0.15, 0.2) is 17.5 Å². The minimum absolute atomic E-state index is 0.00655. The molecule has 1 amide bonds. The zero-order chi connectivity index (χ0) is 15.7. The minimum atomic E-state index is -1.61. The van der Waals surface area contributed by atoms with Crippen LogP contribution in [-0.2, 0) is 11.2 Å². The van der Waals surface area contributed by atoms with Gasteiger partial charge in [-0.25, -0.2) is 13.2 Å². The lowest BCUT2D eigenvalue weighted by atomic mass is 10.1. The highest BCUT2D eigenvalue weighted by atomic mass is 19.2. The molecule has 22 heavy (non-hydrogen) atoms. The Labute approximate surface area is 123 Å². The van der Waals surface area contributed by atoms with Gasteiger partial charge in [-0.15, -0.1) is 0 Å². The normalized spacial score (nSPS) is 10.9. The number of aromatic amines is 1. The molecular formula is C16H11F3N2O. The molecule has 0 radical (unpaired) electrons. The van der Waals surface area contributed by atoms with Gasteiger partial charge in [-0.3, -0.25) is 4.79 Å². The molecule has 0 spiro atoms. The molecule has 1 aromatic heterocycles. The van der Waals surface area contributed by atoms with Crippen molar-refractivity contribution in [3.05, 3.63) is 65.6 Å². The summed E-state index contributed by atoms with van der Waals surface area (Å²) in [5.74, 6) is -4.83. The largest absolute Gasteiger partial charge is 0.361 e. The fourth-order valence-corrected chi connectivity index (χ4v) is 2.21. The van der Waals surface area contributed by atoms with E-state index in [1.807, 2.05) is 12.1 Å². The van der Waals surface area contributed by atoms with E-state index in [0.717, 1.165) is 28.6 Å². The van der Waals surface area contributed by atoms with E-state index >= 15 is 0 Å². The van der Waals surface area contributed by atoms with Crippen LogP contribution in [0.1, 0.15) is 5.56 Å². The van der Waals surface area contributed by atoms with Crippen LogP contribution in [-0.4, -0.2) is 10.9 Å². The van der Waals surface area contributed by atoms with Gasteiger partial charge >= 0.3 is 0 Å². The van der Waals surface area contributed by atoms with Crippen LogP contribution in [0.5, 0.6) is 0 Å². The monoisotopic (exact) mass is 304 g/mol. The van der Waals surface area contributed by atoms with Crippen molar-refractivity contribution in [3.63, 3.8) is 0 Å². The molecule has 0 atom stereocenters. The van der Waals surface area contributed by atoms with E-state index in [9.17, 15) is 18.0 Å². The Bertz CT molecular complexity index is 858. The lowest BCUT2D eigenvalue weighted by molar-refractivity contribution is -0.115. The van der Waals surface area contributed by atoms with Gasteiger partial charge in [-0.05, 0) is 35.2 Å². The average molecular weight is 304 g/mol. The van der Waals surface area contributed by atoms with E-state index in [-0.39, 0.29) is 12.1 Å². The molecule has 2 aromatic carbocycles.